The Labute approximate surface area is 130 Å². The van der Waals surface area contributed by atoms with E-state index in [1.54, 1.807) is 11.8 Å². The normalized spacial score (nSPS) is 10.4. The van der Waals surface area contributed by atoms with Crippen LogP contribution in [0.2, 0.25) is 0 Å². The van der Waals surface area contributed by atoms with Crippen LogP contribution < -0.4 is 0 Å². The second kappa shape index (κ2) is 5.70. The summed E-state index contributed by atoms with van der Waals surface area (Å²) in [6, 6.07) is 22.3. The molecule has 0 unspecified atom stereocenters. The van der Waals surface area contributed by atoms with Crippen LogP contribution in [0.3, 0.4) is 0 Å². The number of fused-ring (bicyclic) bond motifs is 1. The maximum Gasteiger partial charge on any atom is 0.0991 e. The number of hydrogen-bond donors (Lipinski definition) is 0. The van der Waals surface area contributed by atoms with Crippen molar-refractivity contribution in [3.05, 3.63) is 70.7 Å². The minimum absolute atomic E-state index is 0.687. The zero-order valence-corrected chi connectivity index (χ0v) is 12.9. The summed E-state index contributed by atoms with van der Waals surface area (Å²) in [5.41, 5.74) is 0.687. The molecule has 3 aromatic rings. The van der Waals surface area contributed by atoms with Gasteiger partial charge in [0.2, 0.25) is 0 Å². The van der Waals surface area contributed by atoms with Gasteiger partial charge < -0.3 is 0 Å². The summed E-state index contributed by atoms with van der Waals surface area (Å²) in [7, 11) is 0. The highest BCUT2D eigenvalue weighted by molar-refractivity contribution is 9.10. The molecule has 3 heteroatoms. The van der Waals surface area contributed by atoms with Crippen molar-refractivity contribution in [1.82, 2.24) is 0 Å². The fourth-order valence-corrected chi connectivity index (χ4v) is 3.61. The highest BCUT2D eigenvalue weighted by atomic mass is 79.9. The van der Waals surface area contributed by atoms with Crippen molar-refractivity contribution in [3.63, 3.8) is 0 Å². The van der Waals surface area contributed by atoms with Gasteiger partial charge in [0.1, 0.15) is 0 Å². The van der Waals surface area contributed by atoms with Crippen molar-refractivity contribution in [2.75, 3.05) is 0 Å². The molecule has 0 bridgehead atoms. The van der Waals surface area contributed by atoms with E-state index < -0.39 is 0 Å². The molecule has 96 valence electrons. The first kappa shape index (κ1) is 13.2. The molecule has 0 amide bonds. The van der Waals surface area contributed by atoms with Crippen molar-refractivity contribution in [3.8, 4) is 6.07 Å². The van der Waals surface area contributed by atoms with Gasteiger partial charge >= 0.3 is 0 Å². The van der Waals surface area contributed by atoms with Gasteiger partial charge in [0.05, 0.1) is 11.6 Å². The van der Waals surface area contributed by atoms with Crippen LogP contribution in [-0.4, -0.2) is 0 Å². The van der Waals surface area contributed by atoms with E-state index in [1.165, 1.54) is 15.7 Å². The molecular weight excluding hydrogens is 330 g/mol. The summed E-state index contributed by atoms with van der Waals surface area (Å²) in [4.78, 5) is 2.30. The summed E-state index contributed by atoms with van der Waals surface area (Å²) in [6.45, 7) is 0. The second-order valence-corrected chi connectivity index (χ2v) is 6.25. The minimum Gasteiger partial charge on any atom is -0.192 e. The van der Waals surface area contributed by atoms with Crippen LogP contribution in [0.5, 0.6) is 0 Å². The summed E-state index contributed by atoms with van der Waals surface area (Å²) in [5.74, 6) is 0. The molecule has 0 aliphatic carbocycles. The van der Waals surface area contributed by atoms with Crippen LogP contribution in [-0.2, 0) is 0 Å². The van der Waals surface area contributed by atoms with Gasteiger partial charge in [-0.05, 0) is 57.0 Å². The molecule has 0 saturated heterocycles. The third-order valence-electron chi connectivity index (χ3n) is 3.04. The summed E-state index contributed by atoms with van der Waals surface area (Å²) in [5, 5.41) is 11.3. The van der Waals surface area contributed by atoms with Gasteiger partial charge in [0.15, 0.2) is 0 Å². The molecule has 3 aromatic carbocycles. The molecular formula is C17H10BrNS. The molecule has 1 nitrogen and oxygen atoms in total. The van der Waals surface area contributed by atoms with E-state index in [1.807, 2.05) is 36.4 Å². The zero-order chi connectivity index (χ0) is 13.9. The van der Waals surface area contributed by atoms with Crippen LogP contribution >= 0.6 is 27.7 Å². The first-order valence-electron chi connectivity index (χ1n) is 6.13. The van der Waals surface area contributed by atoms with E-state index in [0.717, 1.165) is 9.37 Å². The minimum atomic E-state index is 0.687. The first-order valence-corrected chi connectivity index (χ1v) is 7.74. The molecule has 0 N–H and O–H groups in total. The Kier molecular flexibility index (Phi) is 3.77. The van der Waals surface area contributed by atoms with Gasteiger partial charge in [-0.1, -0.05) is 42.1 Å². The largest absolute Gasteiger partial charge is 0.192 e. The molecule has 0 radical (unpaired) electrons. The molecule has 0 aliphatic rings. The average Bonchev–Trinajstić information content (AvgIpc) is 2.51. The van der Waals surface area contributed by atoms with E-state index in [2.05, 4.69) is 46.3 Å². The molecule has 0 spiro atoms. The predicted molar refractivity (Wildman–Crippen MR) is 86.9 cm³/mol. The van der Waals surface area contributed by atoms with Crippen LogP contribution in [0, 0.1) is 11.3 Å². The maximum atomic E-state index is 8.82. The quantitative estimate of drug-likeness (QED) is 0.604. The number of benzene rings is 3. The Balaban J connectivity index is 1.98. The van der Waals surface area contributed by atoms with E-state index in [-0.39, 0.29) is 0 Å². The van der Waals surface area contributed by atoms with Crippen LogP contribution in [0.25, 0.3) is 10.8 Å². The summed E-state index contributed by atoms with van der Waals surface area (Å²) in [6.07, 6.45) is 0. The van der Waals surface area contributed by atoms with Crippen molar-refractivity contribution >= 4 is 38.5 Å². The standard InChI is InChI=1S/C17H10BrNS/c18-17-15-4-2-1-3-13(15)7-10-16(17)20-14-8-5-12(11-19)6-9-14/h1-10H. The number of halogens is 1. The lowest BCUT2D eigenvalue weighted by Gasteiger charge is -2.07. The highest BCUT2D eigenvalue weighted by Gasteiger charge is 2.06. The van der Waals surface area contributed by atoms with Gasteiger partial charge in [0, 0.05) is 14.3 Å². The first-order chi connectivity index (χ1) is 9.78. The van der Waals surface area contributed by atoms with E-state index in [4.69, 9.17) is 5.26 Å². The lowest BCUT2D eigenvalue weighted by atomic mass is 10.1. The van der Waals surface area contributed by atoms with Crippen LogP contribution in [0.1, 0.15) is 5.56 Å². The van der Waals surface area contributed by atoms with Crippen LogP contribution in [0.15, 0.2) is 74.9 Å². The van der Waals surface area contributed by atoms with E-state index >= 15 is 0 Å². The molecule has 0 atom stereocenters. The third-order valence-corrected chi connectivity index (χ3v) is 5.22. The monoisotopic (exact) mass is 339 g/mol. The van der Waals surface area contributed by atoms with Crippen molar-refractivity contribution in [2.45, 2.75) is 9.79 Å². The topological polar surface area (TPSA) is 23.8 Å². The van der Waals surface area contributed by atoms with Crippen molar-refractivity contribution < 1.29 is 0 Å². The van der Waals surface area contributed by atoms with E-state index in [0.29, 0.717) is 5.56 Å². The third kappa shape index (κ3) is 2.58. The van der Waals surface area contributed by atoms with Crippen LogP contribution in [0.4, 0.5) is 0 Å². The summed E-state index contributed by atoms with van der Waals surface area (Å²) < 4.78 is 1.12. The molecule has 0 aliphatic heterocycles. The highest BCUT2D eigenvalue weighted by Crippen LogP contribution is 2.37. The zero-order valence-electron chi connectivity index (χ0n) is 10.5. The Morgan fingerprint density at radius 2 is 1.65 bits per heavy atom. The maximum absolute atomic E-state index is 8.82. The number of nitriles is 1. The van der Waals surface area contributed by atoms with Crippen molar-refractivity contribution in [1.29, 1.82) is 5.26 Å². The SMILES string of the molecule is N#Cc1ccc(Sc2ccc3ccccc3c2Br)cc1. The predicted octanol–water partition coefficient (Wildman–Crippen LogP) is 5.63. The smallest absolute Gasteiger partial charge is 0.0991 e. The molecule has 0 fully saturated rings. The van der Waals surface area contributed by atoms with Gasteiger partial charge in [-0.3, -0.25) is 0 Å². The van der Waals surface area contributed by atoms with E-state index in [9.17, 15) is 0 Å². The molecule has 0 saturated carbocycles. The molecule has 20 heavy (non-hydrogen) atoms. The Morgan fingerprint density at radius 1 is 0.900 bits per heavy atom. The number of hydrogen-bond acceptors (Lipinski definition) is 2. The van der Waals surface area contributed by atoms with Crippen molar-refractivity contribution in [2.24, 2.45) is 0 Å². The number of rotatable bonds is 2. The fourth-order valence-electron chi connectivity index (χ4n) is 2.02. The average molecular weight is 340 g/mol. The van der Waals surface area contributed by atoms with Gasteiger partial charge in [0.25, 0.3) is 0 Å². The lowest BCUT2D eigenvalue weighted by Crippen LogP contribution is -1.80. The Hall–Kier alpha value is -1.76. The molecule has 0 aromatic heterocycles. The fraction of sp³-hybridized carbons (Fsp3) is 0. The Morgan fingerprint density at radius 3 is 2.40 bits per heavy atom. The summed E-state index contributed by atoms with van der Waals surface area (Å²) >= 11 is 5.39. The Bertz CT molecular complexity index is 803. The van der Waals surface area contributed by atoms with Gasteiger partial charge in [-0.2, -0.15) is 5.26 Å². The molecule has 3 rings (SSSR count). The molecule has 0 heterocycles. The van der Waals surface area contributed by atoms with Gasteiger partial charge in [-0.25, -0.2) is 0 Å². The number of nitrogens with zero attached hydrogens (tertiary/aromatic N) is 1. The second-order valence-electron chi connectivity index (χ2n) is 4.34. The lowest BCUT2D eigenvalue weighted by molar-refractivity contribution is 1.38. The van der Waals surface area contributed by atoms with Gasteiger partial charge in [-0.15, -0.1) is 0 Å².